The van der Waals surface area contributed by atoms with E-state index in [0.717, 1.165) is 0 Å². The molecule has 3 aromatic carbocycles. The van der Waals surface area contributed by atoms with Crippen molar-refractivity contribution in [1.82, 2.24) is 10.9 Å². The first-order valence-corrected chi connectivity index (χ1v) is 8.79. The highest BCUT2D eigenvalue weighted by atomic mass is 19.1. The van der Waals surface area contributed by atoms with E-state index in [2.05, 4.69) is 21.1 Å². The van der Waals surface area contributed by atoms with Gasteiger partial charge in [0.05, 0.1) is 12.4 Å². The number of carbonyl (C=O) groups excluding carboxylic acids is 2. The minimum absolute atomic E-state index is 0.284. The molecular formula is C22H16F2N4O2. The highest BCUT2D eigenvalue weighted by molar-refractivity contribution is 5.98. The van der Waals surface area contributed by atoms with Crippen LogP contribution in [0.5, 0.6) is 0 Å². The normalized spacial score (nSPS) is 11.0. The van der Waals surface area contributed by atoms with E-state index in [1.165, 1.54) is 73.1 Å². The number of hydrogen-bond donors (Lipinski definition) is 2. The maximum absolute atomic E-state index is 13.1. The molecule has 0 unspecified atom stereocenters. The summed E-state index contributed by atoms with van der Waals surface area (Å²) in [6.07, 6.45) is 2.64. The predicted molar refractivity (Wildman–Crippen MR) is 109 cm³/mol. The van der Waals surface area contributed by atoms with Gasteiger partial charge in [0.25, 0.3) is 11.8 Å². The van der Waals surface area contributed by atoms with Crippen molar-refractivity contribution in [2.45, 2.75) is 0 Å². The molecule has 0 atom stereocenters. The van der Waals surface area contributed by atoms with Crippen LogP contribution in [0.3, 0.4) is 0 Å². The van der Waals surface area contributed by atoms with Crippen molar-refractivity contribution in [3.63, 3.8) is 0 Å². The van der Waals surface area contributed by atoms with Crippen LogP contribution in [0.4, 0.5) is 8.78 Å². The zero-order valence-corrected chi connectivity index (χ0v) is 15.5. The summed E-state index contributed by atoms with van der Waals surface area (Å²) in [4.78, 5) is 24.2. The minimum atomic E-state index is -0.487. The van der Waals surface area contributed by atoms with E-state index in [1.54, 1.807) is 12.1 Å². The summed E-state index contributed by atoms with van der Waals surface area (Å²) >= 11 is 0. The minimum Gasteiger partial charge on any atom is -0.267 e. The summed E-state index contributed by atoms with van der Waals surface area (Å²) in [5, 5.41) is 7.55. The number of nitrogens with one attached hydrogen (secondary N) is 2. The largest absolute Gasteiger partial charge is 0.271 e. The second-order valence-corrected chi connectivity index (χ2v) is 6.09. The Morgan fingerprint density at radius 1 is 0.667 bits per heavy atom. The first kappa shape index (κ1) is 20.5. The third-order valence-corrected chi connectivity index (χ3v) is 3.87. The molecule has 30 heavy (non-hydrogen) atoms. The second-order valence-electron chi connectivity index (χ2n) is 6.09. The van der Waals surface area contributed by atoms with Crippen molar-refractivity contribution >= 4 is 24.2 Å². The molecule has 3 rings (SSSR count). The average molecular weight is 406 g/mol. The maximum atomic E-state index is 13.1. The quantitative estimate of drug-likeness (QED) is 0.485. The Morgan fingerprint density at radius 3 is 1.43 bits per heavy atom. The number of hydrazone groups is 2. The molecule has 6 nitrogen and oxygen atoms in total. The van der Waals surface area contributed by atoms with Gasteiger partial charge >= 0.3 is 0 Å². The topological polar surface area (TPSA) is 82.9 Å². The van der Waals surface area contributed by atoms with Gasteiger partial charge in [-0.15, -0.1) is 0 Å². The van der Waals surface area contributed by atoms with Crippen molar-refractivity contribution in [2.75, 3.05) is 0 Å². The molecule has 150 valence electrons. The number of halogens is 2. The van der Waals surface area contributed by atoms with Crippen LogP contribution in [0.1, 0.15) is 31.8 Å². The van der Waals surface area contributed by atoms with Crippen LogP contribution >= 0.6 is 0 Å². The van der Waals surface area contributed by atoms with Crippen LogP contribution < -0.4 is 10.9 Å². The fraction of sp³-hybridized carbons (Fsp3) is 0. The fourth-order valence-corrected chi connectivity index (χ4v) is 2.41. The highest BCUT2D eigenvalue weighted by Crippen LogP contribution is 2.05. The Bertz CT molecular complexity index is 1020. The second kappa shape index (κ2) is 9.83. The lowest BCUT2D eigenvalue weighted by molar-refractivity contribution is 0.0943. The Hall–Kier alpha value is -4.20. The molecule has 0 saturated heterocycles. The van der Waals surface area contributed by atoms with Gasteiger partial charge in [-0.05, 0) is 59.7 Å². The Morgan fingerprint density at radius 2 is 1.07 bits per heavy atom. The summed E-state index contributed by atoms with van der Waals surface area (Å²) in [6.45, 7) is 0. The Balaban J connectivity index is 1.54. The molecule has 0 bridgehead atoms. The summed E-state index contributed by atoms with van der Waals surface area (Å²) in [6, 6.07) is 17.3. The van der Waals surface area contributed by atoms with Gasteiger partial charge in [-0.25, -0.2) is 19.6 Å². The molecule has 0 aromatic heterocycles. The lowest BCUT2D eigenvalue weighted by atomic mass is 10.1. The van der Waals surface area contributed by atoms with Crippen molar-refractivity contribution in [2.24, 2.45) is 10.2 Å². The average Bonchev–Trinajstić information content (AvgIpc) is 2.74. The van der Waals surface area contributed by atoms with E-state index >= 15 is 0 Å². The summed E-state index contributed by atoms with van der Waals surface area (Å²) in [7, 11) is 0. The number of hydrogen-bond acceptors (Lipinski definition) is 4. The van der Waals surface area contributed by atoms with Crippen molar-refractivity contribution in [1.29, 1.82) is 0 Å². The first-order valence-electron chi connectivity index (χ1n) is 8.79. The Labute approximate surface area is 170 Å². The van der Waals surface area contributed by atoms with Gasteiger partial charge in [0.2, 0.25) is 0 Å². The summed E-state index contributed by atoms with van der Waals surface area (Å²) in [5.74, 6) is -1.78. The molecular weight excluding hydrogens is 390 g/mol. The summed E-state index contributed by atoms with van der Waals surface area (Å²) in [5.41, 5.74) is 6.22. The van der Waals surface area contributed by atoms with E-state index in [1.807, 2.05) is 0 Å². The lowest BCUT2D eigenvalue weighted by Gasteiger charge is -2.03. The molecule has 0 aliphatic rings. The molecule has 0 fully saturated rings. The number of rotatable bonds is 6. The smallest absolute Gasteiger partial charge is 0.267 e. The monoisotopic (exact) mass is 406 g/mol. The third kappa shape index (κ3) is 5.90. The van der Waals surface area contributed by atoms with Crippen LogP contribution in [0.25, 0.3) is 0 Å². The fourth-order valence-electron chi connectivity index (χ4n) is 2.41. The van der Waals surface area contributed by atoms with Gasteiger partial charge in [-0.2, -0.15) is 10.2 Å². The van der Waals surface area contributed by atoms with Crippen LogP contribution in [0.15, 0.2) is 83.0 Å². The van der Waals surface area contributed by atoms with E-state index < -0.39 is 23.4 Å². The van der Waals surface area contributed by atoms with Gasteiger partial charge in [-0.1, -0.05) is 24.3 Å². The molecule has 0 heterocycles. The molecule has 0 aliphatic carbocycles. The van der Waals surface area contributed by atoms with Crippen molar-refractivity contribution < 1.29 is 18.4 Å². The van der Waals surface area contributed by atoms with E-state index in [9.17, 15) is 18.4 Å². The standard InChI is InChI=1S/C22H16F2N4O2/c23-19-5-1-3-15(11-19)13-25-27-21(29)17-7-9-18(10-8-17)22(30)28-26-14-16-4-2-6-20(24)12-16/h1-14H,(H,27,29)(H,28,30)/b25-13+,26-14+. The van der Waals surface area contributed by atoms with E-state index in [4.69, 9.17) is 0 Å². The first-order chi connectivity index (χ1) is 14.5. The zero-order valence-electron chi connectivity index (χ0n) is 15.5. The van der Waals surface area contributed by atoms with Crippen molar-refractivity contribution in [3.05, 3.63) is 107 Å². The number of amides is 2. The van der Waals surface area contributed by atoms with Crippen LogP contribution in [-0.4, -0.2) is 24.2 Å². The van der Waals surface area contributed by atoms with E-state index in [0.29, 0.717) is 11.1 Å². The van der Waals surface area contributed by atoms with Crippen molar-refractivity contribution in [3.8, 4) is 0 Å². The molecule has 0 radical (unpaired) electrons. The SMILES string of the molecule is O=C(N/N=C/c1cccc(F)c1)c1ccc(C(=O)N/N=C/c2cccc(F)c2)cc1. The molecule has 8 heteroatoms. The molecule has 0 spiro atoms. The van der Waals surface area contributed by atoms with Gasteiger partial charge < -0.3 is 0 Å². The molecule has 0 aliphatic heterocycles. The van der Waals surface area contributed by atoms with Crippen LogP contribution in [-0.2, 0) is 0 Å². The molecule has 3 aromatic rings. The molecule has 2 amide bonds. The third-order valence-electron chi connectivity index (χ3n) is 3.87. The van der Waals surface area contributed by atoms with E-state index in [-0.39, 0.29) is 11.1 Å². The molecule has 2 N–H and O–H groups in total. The number of benzene rings is 3. The van der Waals surface area contributed by atoms with Gasteiger partial charge in [0, 0.05) is 11.1 Å². The lowest BCUT2D eigenvalue weighted by Crippen LogP contribution is -2.19. The Kier molecular flexibility index (Phi) is 6.73. The van der Waals surface area contributed by atoms with Gasteiger partial charge in [-0.3, -0.25) is 9.59 Å². The van der Waals surface area contributed by atoms with Crippen LogP contribution in [0.2, 0.25) is 0 Å². The van der Waals surface area contributed by atoms with Gasteiger partial charge in [0.15, 0.2) is 0 Å². The maximum Gasteiger partial charge on any atom is 0.271 e. The highest BCUT2D eigenvalue weighted by Gasteiger charge is 2.08. The number of carbonyl (C=O) groups is 2. The van der Waals surface area contributed by atoms with Crippen LogP contribution in [0, 0.1) is 11.6 Å². The van der Waals surface area contributed by atoms with Gasteiger partial charge in [0.1, 0.15) is 11.6 Å². The predicted octanol–water partition coefficient (Wildman–Crippen LogP) is 3.49. The molecule has 0 saturated carbocycles. The number of nitrogens with zero attached hydrogens (tertiary/aromatic N) is 2. The zero-order chi connectivity index (χ0) is 21.3. The summed E-state index contributed by atoms with van der Waals surface area (Å²) < 4.78 is 26.2.